The average Bonchev–Trinajstić information content (AvgIpc) is 2.66. The molecule has 1 heterocycles. The summed E-state index contributed by atoms with van der Waals surface area (Å²) in [6.45, 7) is 12.6. The lowest BCUT2D eigenvalue weighted by Crippen LogP contribution is -2.51. The molecule has 0 aromatic rings. The molecule has 0 radical (unpaired) electrons. The van der Waals surface area contributed by atoms with Crippen LogP contribution in [-0.2, 0) is 9.53 Å². The van der Waals surface area contributed by atoms with Gasteiger partial charge in [0.15, 0.2) is 0 Å². The first-order valence-electron chi connectivity index (χ1n) is 6.98. The molecule has 1 fully saturated rings. The number of rotatable bonds is 6. The molecule has 0 amide bonds. The van der Waals surface area contributed by atoms with Gasteiger partial charge < -0.3 is 15.0 Å². The second-order valence-corrected chi connectivity index (χ2v) is 5.82. The van der Waals surface area contributed by atoms with Crippen LogP contribution in [-0.4, -0.2) is 49.7 Å². The lowest BCUT2D eigenvalue weighted by atomic mass is 9.97. The molecule has 3 atom stereocenters. The van der Waals surface area contributed by atoms with Crippen molar-refractivity contribution in [3.63, 3.8) is 0 Å². The van der Waals surface area contributed by atoms with Crippen LogP contribution >= 0.6 is 0 Å². The van der Waals surface area contributed by atoms with Crippen molar-refractivity contribution >= 4 is 5.97 Å². The number of carbonyl (C=O) groups is 1. The van der Waals surface area contributed by atoms with E-state index in [1.165, 1.54) is 7.11 Å². The minimum absolute atomic E-state index is 0.162. The molecular formula is C14H28N2O2. The van der Waals surface area contributed by atoms with Crippen LogP contribution < -0.4 is 5.32 Å². The van der Waals surface area contributed by atoms with Crippen molar-refractivity contribution in [2.75, 3.05) is 33.3 Å². The summed E-state index contributed by atoms with van der Waals surface area (Å²) in [6, 6.07) is 0. The van der Waals surface area contributed by atoms with E-state index in [0.29, 0.717) is 0 Å². The molecular weight excluding hydrogens is 228 g/mol. The van der Waals surface area contributed by atoms with Gasteiger partial charge in [0.1, 0.15) is 5.54 Å². The van der Waals surface area contributed by atoms with Crippen LogP contribution in [0.25, 0.3) is 0 Å². The molecule has 106 valence electrons. The summed E-state index contributed by atoms with van der Waals surface area (Å²) in [6.07, 6.45) is 0.799. The number of nitrogens with zero attached hydrogens (tertiary/aromatic N) is 1. The Hall–Kier alpha value is -0.610. The first-order valence-corrected chi connectivity index (χ1v) is 6.98. The van der Waals surface area contributed by atoms with Crippen molar-refractivity contribution in [2.45, 2.75) is 39.7 Å². The SMILES string of the molecule is CCNC(C)(CCN1CC(C)C(C)C1)C(=O)OC. The third kappa shape index (κ3) is 3.69. The number of carbonyl (C=O) groups excluding carboxylic acids is 1. The molecule has 0 aromatic heterocycles. The largest absolute Gasteiger partial charge is 0.468 e. The summed E-state index contributed by atoms with van der Waals surface area (Å²) in [7, 11) is 1.46. The van der Waals surface area contributed by atoms with E-state index in [0.717, 1.165) is 44.4 Å². The highest BCUT2D eigenvalue weighted by Gasteiger charge is 2.35. The predicted molar refractivity (Wildman–Crippen MR) is 73.5 cm³/mol. The molecule has 0 bridgehead atoms. The van der Waals surface area contributed by atoms with Crippen molar-refractivity contribution < 1.29 is 9.53 Å². The maximum absolute atomic E-state index is 11.9. The Labute approximate surface area is 111 Å². The van der Waals surface area contributed by atoms with Gasteiger partial charge in [0, 0.05) is 19.6 Å². The van der Waals surface area contributed by atoms with Crippen LogP contribution in [0.5, 0.6) is 0 Å². The quantitative estimate of drug-likeness (QED) is 0.731. The highest BCUT2D eigenvalue weighted by atomic mass is 16.5. The lowest BCUT2D eigenvalue weighted by molar-refractivity contribution is -0.148. The van der Waals surface area contributed by atoms with E-state index in [-0.39, 0.29) is 5.97 Å². The number of nitrogens with one attached hydrogen (secondary N) is 1. The number of hydrogen-bond acceptors (Lipinski definition) is 4. The maximum atomic E-state index is 11.9. The summed E-state index contributed by atoms with van der Waals surface area (Å²) in [4.78, 5) is 14.3. The van der Waals surface area contributed by atoms with Crippen LogP contribution in [0.4, 0.5) is 0 Å². The van der Waals surface area contributed by atoms with Crippen molar-refractivity contribution in [3.8, 4) is 0 Å². The highest BCUT2D eigenvalue weighted by Crippen LogP contribution is 2.23. The van der Waals surface area contributed by atoms with Crippen LogP contribution in [0.2, 0.25) is 0 Å². The molecule has 3 unspecified atom stereocenters. The first kappa shape index (κ1) is 15.4. The van der Waals surface area contributed by atoms with Gasteiger partial charge in [-0.25, -0.2) is 0 Å². The van der Waals surface area contributed by atoms with Gasteiger partial charge in [-0.2, -0.15) is 0 Å². The number of methoxy groups -OCH3 is 1. The number of hydrogen-bond donors (Lipinski definition) is 1. The minimum Gasteiger partial charge on any atom is -0.468 e. The fraction of sp³-hybridized carbons (Fsp3) is 0.929. The smallest absolute Gasteiger partial charge is 0.325 e. The molecule has 4 heteroatoms. The molecule has 1 aliphatic rings. The van der Waals surface area contributed by atoms with Crippen LogP contribution in [0.3, 0.4) is 0 Å². The molecule has 1 aliphatic heterocycles. The van der Waals surface area contributed by atoms with Gasteiger partial charge in [0.2, 0.25) is 0 Å². The Kier molecular flexibility index (Phi) is 5.60. The van der Waals surface area contributed by atoms with E-state index in [2.05, 4.69) is 24.1 Å². The topological polar surface area (TPSA) is 41.6 Å². The summed E-state index contributed by atoms with van der Waals surface area (Å²) >= 11 is 0. The Balaban J connectivity index is 2.50. The molecule has 0 spiro atoms. The standard InChI is InChI=1S/C14H28N2O2/c1-6-15-14(4,13(17)18-5)7-8-16-9-11(2)12(3)10-16/h11-12,15H,6-10H2,1-5H3. The Bertz CT molecular complexity index is 273. The Morgan fingerprint density at radius 2 is 1.94 bits per heavy atom. The van der Waals surface area contributed by atoms with Gasteiger partial charge in [-0.3, -0.25) is 4.79 Å². The minimum atomic E-state index is -0.557. The van der Waals surface area contributed by atoms with E-state index in [1.807, 2.05) is 13.8 Å². The molecule has 0 aliphatic carbocycles. The number of likely N-dealkylation sites (N-methyl/N-ethyl adjacent to an activating group) is 1. The number of ether oxygens (including phenoxy) is 1. The lowest BCUT2D eigenvalue weighted by Gasteiger charge is -2.29. The van der Waals surface area contributed by atoms with Gasteiger partial charge in [0.05, 0.1) is 7.11 Å². The van der Waals surface area contributed by atoms with Gasteiger partial charge in [-0.15, -0.1) is 0 Å². The summed E-state index contributed by atoms with van der Waals surface area (Å²) in [5, 5.41) is 3.25. The molecule has 0 aromatic carbocycles. The third-order valence-electron chi connectivity index (χ3n) is 4.19. The molecule has 1 rings (SSSR count). The first-order chi connectivity index (χ1) is 8.42. The van der Waals surface area contributed by atoms with E-state index in [9.17, 15) is 4.79 Å². The van der Waals surface area contributed by atoms with Gasteiger partial charge in [-0.05, 0) is 31.7 Å². The van der Waals surface area contributed by atoms with Crippen LogP contribution in [0.1, 0.15) is 34.1 Å². The van der Waals surface area contributed by atoms with Crippen LogP contribution in [0.15, 0.2) is 0 Å². The summed E-state index contributed by atoms with van der Waals surface area (Å²) < 4.78 is 4.91. The van der Waals surface area contributed by atoms with Crippen molar-refractivity contribution in [3.05, 3.63) is 0 Å². The fourth-order valence-corrected chi connectivity index (χ4v) is 2.69. The predicted octanol–water partition coefficient (Wildman–Crippen LogP) is 1.51. The van der Waals surface area contributed by atoms with Crippen molar-refractivity contribution in [1.82, 2.24) is 10.2 Å². The molecule has 1 N–H and O–H groups in total. The van der Waals surface area contributed by atoms with Crippen molar-refractivity contribution in [1.29, 1.82) is 0 Å². The summed E-state index contributed by atoms with van der Waals surface area (Å²) in [5.74, 6) is 1.35. The zero-order valence-corrected chi connectivity index (χ0v) is 12.5. The fourth-order valence-electron chi connectivity index (χ4n) is 2.69. The second-order valence-electron chi connectivity index (χ2n) is 5.82. The van der Waals surface area contributed by atoms with E-state index in [4.69, 9.17) is 4.74 Å². The second kappa shape index (κ2) is 6.53. The monoisotopic (exact) mass is 256 g/mol. The maximum Gasteiger partial charge on any atom is 0.325 e. The van der Waals surface area contributed by atoms with Gasteiger partial charge in [0.25, 0.3) is 0 Å². The number of likely N-dealkylation sites (tertiary alicyclic amines) is 1. The van der Waals surface area contributed by atoms with E-state index in [1.54, 1.807) is 0 Å². The molecule has 18 heavy (non-hydrogen) atoms. The van der Waals surface area contributed by atoms with Crippen LogP contribution in [0, 0.1) is 11.8 Å². The average molecular weight is 256 g/mol. The molecule has 1 saturated heterocycles. The summed E-state index contributed by atoms with van der Waals surface area (Å²) in [5.41, 5.74) is -0.557. The Morgan fingerprint density at radius 3 is 2.39 bits per heavy atom. The van der Waals surface area contributed by atoms with E-state index >= 15 is 0 Å². The Morgan fingerprint density at radius 1 is 1.39 bits per heavy atom. The van der Waals surface area contributed by atoms with Gasteiger partial charge >= 0.3 is 5.97 Å². The number of esters is 1. The van der Waals surface area contributed by atoms with E-state index < -0.39 is 5.54 Å². The molecule has 0 saturated carbocycles. The van der Waals surface area contributed by atoms with Crippen molar-refractivity contribution in [2.24, 2.45) is 11.8 Å². The zero-order valence-electron chi connectivity index (χ0n) is 12.5. The van der Waals surface area contributed by atoms with Gasteiger partial charge in [-0.1, -0.05) is 20.8 Å². The highest BCUT2D eigenvalue weighted by molar-refractivity contribution is 5.80. The normalized spacial score (nSPS) is 28.1. The third-order valence-corrected chi connectivity index (χ3v) is 4.19. The molecule has 4 nitrogen and oxygen atoms in total. The zero-order chi connectivity index (χ0) is 13.8.